The summed E-state index contributed by atoms with van der Waals surface area (Å²) in [6, 6.07) is 5.68. The highest BCUT2D eigenvalue weighted by Crippen LogP contribution is 2.39. The highest BCUT2D eigenvalue weighted by molar-refractivity contribution is 5.90. The number of nitrogens with zero attached hydrogens (tertiary/aromatic N) is 1. The third-order valence-electron chi connectivity index (χ3n) is 5.12. The maximum Gasteiger partial charge on any atom is 0.414 e. The van der Waals surface area contributed by atoms with Gasteiger partial charge >= 0.3 is 12.1 Å². The van der Waals surface area contributed by atoms with Crippen molar-refractivity contribution in [3.63, 3.8) is 0 Å². The Hall–Kier alpha value is -2.08. The Labute approximate surface area is 154 Å². The van der Waals surface area contributed by atoms with Crippen LogP contribution in [0.15, 0.2) is 18.2 Å². The van der Waals surface area contributed by atoms with Gasteiger partial charge in [-0.2, -0.15) is 0 Å². The van der Waals surface area contributed by atoms with Crippen LogP contribution in [-0.4, -0.2) is 42.5 Å². The molecule has 142 valence electrons. The number of ether oxygens (including phenoxy) is 2. The number of hydrogen-bond donors (Lipinski definition) is 1. The average molecular weight is 361 g/mol. The van der Waals surface area contributed by atoms with Crippen LogP contribution in [0.2, 0.25) is 0 Å². The quantitative estimate of drug-likeness (QED) is 0.872. The number of benzene rings is 1. The summed E-state index contributed by atoms with van der Waals surface area (Å²) in [5, 5.41) is 9.87. The molecule has 1 fully saturated rings. The summed E-state index contributed by atoms with van der Waals surface area (Å²) < 4.78 is 10.9. The van der Waals surface area contributed by atoms with Gasteiger partial charge in [0.25, 0.3) is 0 Å². The van der Waals surface area contributed by atoms with Crippen LogP contribution in [0, 0.1) is 0 Å². The Morgan fingerprint density at radius 3 is 2.54 bits per heavy atom. The van der Waals surface area contributed by atoms with Crippen molar-refractivity contribution in [1.82, 2.24) is 0 Å². The fourth-order valence-corrected chi connectivity index (χ4v) is 3.75. The number of amides is 1. The van der Waals surface area contributed by atoms with Crippen LogP contribution in [0.4, 0.5) is 10.5 Å². The van der Waals surface area contributed by atoms with Gasteiger partial charge in [0.05, 0.1) is 11.1 Å². The van der Waals surface area contributed by atoms with Crippen LogP contribution >= 0.6 is 0 Å². The summed E-state index contributed by atoms with van der Waals surface area (Å²) in [5.41, 5.74) is 1.18. The lowest BCUT2D eigenvalue weighted by Gasteiger charge is -2.36. The number of aryl methyl sites for hydroxylation is 1. The highest BCUT2D eigenvalue weighted by Gasteiger charge is 2.42. The minimum absolute atomic E-state index is 0.356. The molecular weight excluding hydrogens is 334 g/mol. The average Bonchev–Trinajstić information content (AvgIpc) is 2.59. The minimum atomic E-state index is -0.901. The lowest BCUT2D eigenvalue weighted by Crippen LogP contribution is -2.42. The van der Waals surface area contributed by atoms with Crippen LogP contribution in [0.1, 0.15) is 51.2 Å². The molecule has 0 bridgehead atoms. The van der Waals surface area contributed by atoms with Gasteiger partial charge in [0.1, 0.15) is 5.60 Å². The van der Waals surface area contributed by atoms with E-state index >= 15 is 0 Å². The van der Waals surface area contributed by atoms with Gasteiger partial charge in [-0.1, -0.05) is 12.1 Å². The Balaban J connectivity index is 1.93. The zero-order valence-corrected chi connectivity index (χ0v) is 15.7. The van der Waals surface area contributed by atoms with Gasteiger partial charge in [-0.25, -0.2) is 4.79 Å². The lowest BCUT2D eigenvalue weighted by atomic mass is 9.73. The van der Waals surface area contributed by atoms with Gasteiger partial charge in [-0.15, -0.1) is 0 Å². The van der Waals surface area contributed by atoms with Crippen LogP contribution in [-0.2, 0) is 26.1 Å². The lowest BCUT2D eigenvalue weighted by molar-refractivity contribution is -0.147. The molecule has 1 amide bonds. The number of carboxylic acids is 1. The van der Waals surface area contributed by atoms with Crippen molar-refractivity contribution >= 4 is 17.7 Å². The van der Waals surface area contributed by atoms with E-state index in [0.29, 0.717) is 32.6 Å². The number of hydrogen-bond acceptors (Lipinski definition) is 4. The number of carboxylic acid groups (broad SMARTS) is 1. The van der Waals surface area contributed by atoms with E-state index in [1.807, 2.05) is 39.0 Å². The first-order chi connectivity index (χ1) is 12.2. The van der Waals surface area contributed by atoms with Gasteiger partial charge in [0, 0.05) is 19.8 Å². The molecule has 2 aliphatic heterocycles. The van der Waals surface area contributed by atoms with Crippen molar-refractivity contribution in [2.75, 3.05) is 24.7 Å². The Morgan fingerprint density at radius 1 is 1.23 bits per heavy atom. The van der Waals surface area contributed by atoms with Gasteiger partial charge in [-0.3, -0.25) is 9.69 Å². The van der Waals surface area contributed by atoms with Crippen LogP contribution in [0.3, 0.4) is 0 Å². The molecule has 0 unspecified atom stereocenters. The largest absolute Gasteiger partial charge is 0.481 e. The SMILES string of the molecule is CC(C)(C)OC(=O)N1CCCc2cc(C3(C(=O)O)CCOCC3)ccc21. The molecule has 1 aromatic carbocycles. The second kappa shape index (κ2) is 6.91. The van der Waals surface area contributed by atoms with Crippen molar-refractivity contribution in [1.29, 1.82) is 0 Å². The number of rotatable bonds is 2. The van der Waals surface area contributed by atoms with E-state index in [0.717, 1.165) is 29.7 Å². The molecule has 2 aliphatic rings. The summed E-state index contributed by atoms with van der Waals surface area (Å²) >= 11 is 0. The van der Waals surface area contributed by atoms with E-state index in [-0.39, 0.29) is 6.09 Å². The van der Waals surface area contributed by atoms with Crippen LogP contribution < -0.4 is 4.90 Å². The molecule has 0 atom stereocenters. The van der Waals surface area contributed by atoms with Gasteiger partial charge < -0.3 is 14.6 Å². The molecule has 1 saturated heterocycles. The van der Waals surface area contributed by atoms with E-state index in [4.69, 9.17) is 9.47 Å². The fraction of sp³-hybridized carbons (Fsp3) is 0.600. The molecular formula is C20H27NO5. The topological polar surface area (TPSA) is 76.1 Å². The van der Waals surface area contributed by atoms with E-state index in [1.165, 1.54) is 0 Å². The summed E-state index contributed by atoms with van der Waals surface area (Å²) in [6.07, 6.45) is 2.24. The molecule has 2 heterocycles. The second-order valence-corrected chi connectivity index (χ2v) is 8.08. The molecule has 3 rings (SSSR count). The van der Waals surface area contributed by atoms with Crippen molar-refractivity contribution in [2.45, 2.75) is 57.5 Å². The van der Waals surface area contributed by atoms with E-state index in [1.54, 1.807) is 4.90 Å². The molecule has 0 aliphatic carbocycles. The molecule has 26 heavy (non-hydrogen) atoms. The molecule has 0 saturated carbocycles. The first-order valence-electron chi connectivity index (χ1n) is 9.18. The summed E-state index contributed by atoms with van der Waals surface area (Å²) in [4.78, 5) is 26.2. The number of carbonyl (C=O) groups excluding carboxylic acids is 1. The summed E-state index contributed by atoms with van der Waals surface area (Å²) in [5.74, 6) is -0.805. The monoisotopic (exact) mass is 361 g/mol. The fourth-order valence-electron chi connectivity index (χ4n) is 3.75. The third-order valence-corrected chi connectivity index (χ3v) is 5.12. The smallest absolute Gasteiger partial charge is 0.414 e. The number of anilines is 1. The number of carbonyl (C=O) groups is 2. The first-order valence-corrected chi connectivity index (χ1v) is 9.18. The zero-order valence-electron chi connectivity index (χ0n) is 15.7. The van der Waals surface area contributed by atoms with Crippen LogP contribution in [0.25, 0.3) is 0 Å². The molecule has 0 aromatic heterocycles. The van der Waals surface area contributed by atoms with Gasteiger partial charge in [0.2, 0.25) is 0 Å². The molecule has 0 spiro atoms. The summed E-state index contributed by atoms with van der Waals surface area (Å²) in [6.45, 7) is 7.06. The van der Waals surface area contributed by atoms with Crippen molar-refractivity contribution in [3.05, 3.63) is 29.3 Å². The first kappa shape index (κ1) is 18.7. The summed E-state index contributed by atoms with van der Waals surface area (Å²) in [7, 11) is 0. The van der Waals surface area contributed by atoms with Crippen molar-refractivity contribution < 1.29 is 24.2 Å². The maximum atomic E-state index is 12.5. The Morgan fingerprint density at radius 2 is 1.92 bits per heavy atom. The maximum absolute atomic E-state index is 12.5. The van der Waals surface area contributed by atoms with Crippen LogP contribution in [0.5, 0.6) is 0 Å². The molecule has 1 aromatic rings. The minimum Gasteiger partial charge on any atom is -0.481 e. The number of fused-ring (bicyclic) bond motifs is 1. The third kappa shape index (κ3) is 3.56. The Kier molecular flexibility index (Phi) is 4.97. The molecule has 1 N–H and O–H groups in total. The van der Waals surface area contributed by atoms with E-state index < -0.39 is 17.0 Å². The zero-order chi connectivity index (χ0) is 18.9. The standard InChI is InChI=1S/C20H27NO5/c1-19(2,3)26-18(24)21-10-4-5-14-13-15(6-7-16(14)21)20(17(22)23)8-11-25-12-9-20/h6-7,13H,4-5,8-12H2,1-3H3,(H,22,23). The van der Waals surface area contributed by atoms with E-state index in [9.17, 15) is 14.7 Å². The molecule has 6 nitrogen and oxygen atoms in total. The molecule has 6 heteroatoms. The Bertz CT molecular complexity index is 701. The number of aliphatic carboxylic acids is 1. The normalized spacial score (nSPS) is 19.6. The van der Waals surface area contributed by atoms with E-state index in [2.05, 4.69) is 0 Å². The predicted octanol–water partition coefficient (Wildman–Crippen LogP) is 3.51. The second-order valence-electron chi connectivity index (χ2n) is 8.08. The van der Waals surface area contributed by atoms with Crippen molar-refractivity contribution in [2.24, 2.45) is 0 Å². The molecule has 0 radical (unpaired) electrons. The van der Waals surface area contributed by atoms with Gasteiger partial charge in [-0.05, 0) is 63.6 Å². The highest BCUT2D eigenvalue weighted by atomic mass is 16.6. The predicted molar refractivity (Wildman–Crippen MR) is 97.7 cm³/mol. The van der Waals surface area contributed by atoms with Gasteiger partial charge in [0.15, 0.2) is 0 Å². The van der Waals surface area contributed by atoms with Crippen molar-refractivity contribution in [3.8, 4) is 0 Å².